The van der Waals surface area contributed by atoms with Crippen LogP contribution in [-0.2, 0) is 27.4 Å². The topological polar surface area (TPSA) is 99.2 Å². The molecule has 4 rings (SSSR count). The van der Waals surface area contributed by atoms with Crippen LogP contribution in [0, 0.1) is 6.92 Å². The molecule has 2 aliphatic rings. The maximum Gasteiger partial charge on any atom is 0.416 e. The van der Waals surface area contributed by atoms with E-state index in [9.17, 15) is 31.2 Å². The SMILES string of the molecule is Cc1cc(C(=O)N(C)C)ccc1CCS(=O)(=O)N1CCC2(CC1)N=C(c1ccc(C(F)(F)F)cc1)NC2=O. The summed E-state index contributed by atoms with van der Waals surface area (Å²) < 4.78 is 66.0. The van der Waals surface area contributed by atoms with Crippen LogP contribution in [0.2, 0.25) is 0 Å². The molecule has 0 saturated carbocycles. The number of rotatable bonds is 6. The zero-order chi connectivity index (χ0) is 27.9. The molecule has 0 bridgehead atoms. The van der Waals surface area contributed by atoms with Crippen LogP contribution in [0.3, 0.4) is 0 Å². The number of halogens is 3. The number of aryl methyl sites for hydroxylation is 2. The molecule has 2 amide bonds. The van der Waals surface area contributed by atoms with E-state index < -0.39 is 27.3 Å². The molecular formula is C26H29F3N4O4S. The number of carbonyl (C=O) groups is 2. The van der Waals surface area contributed by atoms with E-state index in [4.69, 9.17) is 0 Å². The minimum absolute atomic E-state index is 0.106. The number of nitrogens with zero attached hydrogens (tertiary/aromatic N) is 3. The summed E-state index contributed by atoms with van der Waals surface area (Å²) in [5, 5.41) is 2.65. The zero-order valence-electron chi connectivity index (χ0n) is 21.3. The molecule has 0 unspecified atom stereocenters. The first-order valence-electron chi connectivity index (χ1n) is 12.1. The van der Waals surface area contributed by atoms with Gasteiger partial charge in [0.15, 0.2) is 0 Å². The number of hydrogen-bond donors (Lipinski definition) is 1. The Hall–Kier alpha value is -3.25. The van der Waals surface area contributed by atoms with Crippen molar-refractivity contribution in [3.63, 3.8) is 0 Å². The van der Waals surface area contributed by atoms with E-state index in [-0.39, 0.29) is 55.8 Å². The van der Waals surface area contributed by atoms with E-state index >= 15 is 0 Å². The van der Waals surface area contributed by atoms with Gasteiger partial charge in [-0.1, -0.05) is 18.2 Å². The molecule has 0 atom stereocenters. The number of benzene rings is 2. The first-order chi connectivity index (χ1) is 17.7. The summed E-state index contributed by atoms with van der Waals surface area (Å²) in [6.45, 7) is 2.05. The Morgan fingerprint density at radius 1 is 1.11 bits per heavy atom. The van der Waals surface area contributed by atoms with Crippen LogP contribution in [0.25, 0.3) is 0 Å². The second kappa shape index (κ2) is 10.1. The Morgan fingerprint density at radius 3 is 2.29 bits per heavy atom. The Morgan fingerprint density at radius 2 is 1.74 bits per heavy atom. The summed E-state index contributed by atoms with van der Waals surface area (Å²) >= 11 is 0. The molecule has 2 aromatic carbocycles. The molecule has 0 aromatic heterocycles. The fraction of sp³-hybridized carbons (Fsp3) is 0.423. The molecule has 1 N–H and O–H groups in total. The normalized spacial score (nSPS) is 17.8. The molecule has 12 heteroatoms. The summed E-state index contributed by atoms with van der Waals surface area (Å²) in [5.41, 5.74) is 0.609. The molecule has 1 saturated heterocycles. The summed E-state index contributed by atoms with van der Waals surface area (Å²) in [6, 6.07) is 9.58. The third-order valence-electron chi connectivity index (χ3n) is 7.03. The van der Waals surface area contributed by atoms with Crippen LogP contribution in [0.1, 0.15) is 45.5 Å². The van der Waals surface area contributed by atoms with Gasteiger partial charge in [0, 0.05) is 38.3 Å². The highest BCUT2D eigenvalue weighted by molar-refractivity contribution is 7.89. The Balaban J connectivity index is 1.40. The van der Waals surface area contributed by atoms with Crippen molar-refractivity contribution in [2.75, 3.05) is 32.9 Å². The lowest BCUT2D eigenvalue weighted by molar-refractivity contribution is -0.137. The second-order valence-electron chi connectivity index (χ2n) is 9.83. The zero-order valence-corrected chi connectivity index (χ0v) is 22.1. The van der Waals surface area contributed by atoms with Crippen LogP contribution < -0.4 is 5.32 Å². The van der Waals surface area contributed by atoms with Crippen molar-refractivity contribution in [3.05, 3.63) is 70.3 Å². The van der Waals surface area contributed by atoms with E-state index in [0.717, 1.165) is 23.3 Å². The molecule has 2 aliphatic heterocycles. The number of carbonyl (C=O) groups excluding carboxylic acids is 2. The maximum atomic E-state index is 13.1. The molecule has 0 aliphatic carbocycles. The molecule has 2 heterocycles. The van der Waals surface area contributed by atoms with Gasteiger partial charge in [-0.15, -0.1) is 0 Å². The molecule has 1 fully saturated rings. The van der Waals surface area contributed by atoms with Gasteiger partial charge in [0.1, 0.15) is 11.4 Å². The maximum absolute atomic E-state index is 13.1. The van der Waals surface area contributed by atoms with Crippen molar-refractivity contribution in [2.24, 2.45) is 4.99 Å². The first kappa shape index (κ1) is 27.8. The number of sulfonamides is 1. The molecule has 8 nitrogen and oxygen atoms in total. The standard InChI is InChI=1S/C26H29F3N4O4S/c1-17-16-20(23(34)32(2)3)5-4-18(17)10-15-38(36,37)33-13-11-25(12-14-33)24(35)30-22(31-25)19-6-8-21(9-7-19)26(27,28)29/h4-9,16H,10-15H2,1-3H3,(H,30,31,35). The smallest absolute Gasteiger partial charge is 0.345 e. The molecule has 204 valence electrons. The van der Waals surface area contributed by atoms with E-state index in [1.165, 1.54) is 21.3 Å². The van der Waals surface area contributed by atoms with Crippen molar-refractivity contribution in [3.8, 4) is 0 Å². The predicted molar refractivity (Wildman–Crippen MR) is 136 cm³/mol. The number of amidine groups is 1. The number of aliphatic imine (C=N–C) groups is 1. The summed E-state index contributed by atoms with van der Waals surface area (Å²) in [5.74, 6) is -0.442. The highest BCUT2D eigenvalue weighted by Crippen LogP contribution is 2.33. The number of nitrogens with one attached hydrogen (secondary N) is 1. The van der Waals surface area contributed by atoms with Gasteiger partial charge < -0.3 is 10.2 Å². The number of alkyl halides is 3. The third-order valence-corrected chi connectivity index (χ3v) is 8.91. The van der Waals surface area contributed by atoms with Gasteiger partial charge in [-0.3, -0.25) is 14.6 Å². The number of amides is 2. The van der Waals surface area contributed by atoms with Crippen molar-refractivity contribution in [1.29, 1.82) is 0 Å². The summed E-state index contributed by atoms with van der Waals surface area (Å²) in [4.78, 5) is 30.9. The quantitative estimate of drug-likeness (QED) is 0.598. The lowest BCUT2D eigenvalue weighted by Crippen LogP contribution is -2.50. The average Bonchev–Trinajstić information content (AvgIpc) is 3.17. The van der Waals surface area contributed by atoms with Gasteiger partial charge in [-0.2, -0.15) is 13.2 Å². The highest BCUT2D eigenvalue weighted by atomic mass is 32.2. The van der Waals surface area contributed by atoms with E-state index in [1.807, 2.05) is 6.92 Å². The van der Waals surface area contributed by atoms with Gasteiger partial charge >= 0.3 is 6.18 Å². The van der Waals surface area contributed by atoms with Gasteiger partial charge in [-0.25, -0.2) is 12.7 Å². The van der Waals surface area contributed by atoms with Crippen molar-refractivity contribution in [1.82, 2.24) is 14.5 Å². The Bertz CT molecular complexity index is 1380. The first-order valence-corrected chi connectivity index (χ1v) is 13.7. The van der Waals surface area contributed by atoms with E-state index in [2.05, 4.69) is 10.3 Å². The largest absolute Gasteiger partial charge is 0.416 e. The summed E-state index contributed by atoms with van der Waals surface area (Å²) in [7, 11) is -0.288. The number of hydrogen-bond acceptors (Lipinski definition) is 5. The fourth-order valence-electron chi connectivity index (χ4n) is 4.68. The van der Waals surface area contributed by atoms with Gasteiger partial charge in [-0.05, 0) is 61.6 Å². The average molecular weight is 551 g/mol. The highest BCUT2D eigenvalue weighted by Gasteiger charge is 2.47. The van der Waals surface area contributed by atoms with E-state index in [0.29, 0.717) is 11.1 Å². The Kier molecular flexibility index (Phi) is 7.41. The molecular weight excluding hydrogens is 521 g/mol. The van der Waals surface area contributed by atoms with Crippen LogP contribution in [-0.4, -0.2) is 73.7 Å². The Labute approximate surface area is 219 Å². The molecule has 2 aromatic rings. The van der Waals surface area contributed by atoms with Crippen molar-refractivity contribution < 1.29 is 31.2 Å². The molecule has 38 heavy (non-hydrogen) atoms. The second-order valence-corrected chi connectivity index (χ2v) is 11.9. The van der Waals surface area contributed by atoms with Crippen molar-refractivity contribution in [2.45, 2.75) is 37.9 Å². The summed E-state index contributed by atoms with van der Waals surface area (Å²) in [6.07, 6.45) is -3.85. The number of piperidine rings is 1. The minimum atomic E-state index is -4.47. The predicted octanol–water partition coefficient (Wildman–Crippen LogP) is 3.00. The van der Waals surface area contributed by atoms with Crippen molar-refractivity contribution >= 4 is 27.7 Å². The lowest BCUT2D eigenvalue weighted by Gasteiger charge is -2.34. The van der Waals surface area contributed by atoms with Gasteiger partial charge in [0.05, 0.1) is 11.3 Å². The lowest BCUT2D eigenvalue weighted by atomic mass is 9.89. The van der Waals surface area contributed by atoms with Crippen LogP contribution in [0.15, 0.2) is 47.5 Å². The van der Waals surface area contributed by atoms with Crippen LogP contribution in [0.5, 0.6) is 0 Å². The van der Waals surface area contributed by atoms with Crippen LogP contribution >= 0.6 is 0 Å². The van der Waals surface area contributed by atoms with Crippen LogP contribution in [0.4, 0.5) is 13.2 Å². The third kappa shape index (κ3) is 5.60. The van der Waals surface area contributed by atoms with E-state index in [1.54, 1.807) is 32.3 Å². The fourth-order valence-corrected chi connectivity index (χ4v) is 6.15. The molecule has 1 spiro atoms. The monoisotopic (exact) mass is 550 g/mol. The minimum Gasteiger partial charge on any atom is -0.345 e. The molecule has 0 radical (unpaired) electrons. The van der Waals surface area contributed by atoms with Gasteiger partial charge in [0.25, 0.3) is 11.8 Å². The van der Waals surface area contributed by atoms with Gasteiger partial charge in [0.2, 0.25) is 10.0 Å².